The van der Waals surface area contributed by atoms with Crippen LogP contribution in [0.15, 0.2) is 48.0 Å². The fourth-order valence-electron chi connectivity index (χ4n) is 3.39. The summed E-state index contributed by atoms with van der Waals surface area (Å²) < 4.78 is 6.81. The van der Waals surface area contributed by atoms with Crippen molar-refractivity contribution >= 4 is 15.1 Å². The van der Waals surface area contributed by atoms with Gasteiger partial charge in [-0.3, -0.25) is 0 Å². The fourth-order valence-corrected chi connectivity index (χ4v) is 8.40. The van der Waals surface area contributed by atoms with Crippen molar-refractivity contribution < 1.29 is 51.0 Å². The Morgan fingerprint density at radius 2 is 1.74 bits per heavy atom. The normalized spacial score (nSPS) is 15.9. The van der Waals surface area contributed by atoms with E-state index in [1.165, 1.54) is 39.8 Å². The van der Waals surface area contributed by atoms with Crippen LogP contribution in [0.1, 0.15) is 53.4 Å². The molecule has 0 fully saturated rings. The van der Waals surface area contributed by atoms with Crippen molar-refractivity contribution in [2.75, 3.05) is 0 Å². The molecule has 0 N–H and O–H groups in total. The molecule has 0 radical (unpaired) electrons. The Bertz CT molecular complexity index is 774. The van der Waals surface area contributed by atoms with E-state index in [-0.39, 0.29) is 24.8 Å². The summed E-state index contributed by atoms with van der Waals surface area (Å²) in [7, 11) is -0.911. The second kappa shape index (κ2) is 11.1. The summed E-state index contributed by atoms with van der Waals surface area (Å²) >= 11 is -0.845. The van der Waals surface area contributed by atoms with Crippen LogP contribution < -0.4 is 24.8 Å². The summed E-state index contributed by atoms with van der Waals surface area (Å²) in [5, 5.41) is 0. The molecule has 144 valence electrons. The Hall–Kier alpha value is -0.180. The quantitative estimate of drug-likeness (QED) is 0.522. The van der Waals surface area contributed by atoms with Crippen LogP contribution in [0.25, 0.3) is 17.2 Å². The molecule has 3 rings (SSSR count). The minimum absolute atomic E-state index is 0. The van der Waals surface area contributed by atoms with Crippen LogP contribution in [0, 0.1) is 0 Å². The second-order valence-corrected chi connectivity index (χ2v) is 13.4. The molecule has 2 unspecified atom stereocenters. The Labute approximate surface area is 190 Å². The molecule has 2 atom stereocenters. The Morgan fingerprint density at radius 1 is 1.07 bits per heavy atom. The van der Waals surface area contributed by atoms with Crippen LogP contribution in [0.3, 0.4) is 0 Å². The van der Waals surface area contributed by atoms with Crippen molar-refractivity contribution in [1.82, 2.24) is 0 Å². The number of halogens is 2. The molecule has 0 spiro atoms. The molecule has 27 heavy (non-hydrogen) atoms. The van der Waals surface area contributed by atoms with Gasteiger partial charge in [0.25, 0.3) is 0 Å². The average molecular weight is 499 g/mol. The maximum atomic E-state index is 6.22. The van der Waals surface area contributed by atoms with E-state index in [0.717, 1.165) is 0 Å². The largest absolute Gasteiger partial charge is 1.00 e. The number of allylic oxidation sites excluding steroid dienone is 1. The van der Waals surface area contributed by atoms with E-state index in [2.05, 4.69) is 82.4 Å². The van der Waals surface area contributed by atoms with Crippen LogP contribution in [0.2, 0.25) is 13.1 Å². The van der Waals surface area contributed by atoms with E-state index >= 15 is 0 Å². The van der Waals surface area contributed by atoms with Gasteiger partial charge in [0.2, 0.25) is 0 Å². The van der Waals surface area contributed by atoms with Gasteiger partial charge in [0, 0.05) is 0 Å². The maximum absolute atomic E-state index is 6.22. The fraction of sp³-hybridized carbons (Fsp3) is 0.364. The third kappa shape index (κ3) is 5.67. The molecule has 0 heterocycles. The predicted octanol–water partition coefficient (Wildman–Crippen LogP) is 0.331. The first kappa shape index (κ1) is 24.9. The average Bonchev–Trinajstić information content (AvgIpc) is 2.94. The van der Waals surface area contributed by atoms with Crippen LogP contribution in [-0.2, 0) is 26.2 Å². The van der Waals surface area contributed by atoms with Gasteiger partial charge in [-0.15, -0.1) is 0 Å². The number of hydrogen-bond acceptors (Lipinski definition) is 1. The second-order valence-electron chi connectivity index (χ2n) is 7.35. The van der Waals surface area contributed by atoms with E-state index in [1.807, 2.05) is 0 Å². The summed E-state index contributed by atoms with van der Waals surface area (Å²) in [4.78, 5) is 0. The topological polar surface area (TPSA) is 9.23 Å². The van der Waals surface area contributed by atoms with Crippen molar-refractivity contribution in [1.29, 1.82) is 0 Å². The van der Waals surface area contributed by atoms with Gasteiger partial charge in [0.15, 0.2) is 0 Å². The Kier molecular flexibility index (Phi) is 10.2. The smallest absolute Gasteiger partial charge is 1.00 e. The molecule has 1 aliphatic rings. The third-order valence-corrected chi connectivity index (χ3v) is 12.7. The number of benzene rings is 2. The molecule has 0 aromatic heterocycles. The molecule has 0 aliphatic heterocycles. The minimum Gasteiger partial charge on any atom is -1.00 e. The first-order valence-corrected chi connectivity index (χ1v) is 14.5. The van der Waals surface area contributed by atoms with E-state index in [1.54, 1.807) is 0 Å². The number of rotatable bonds is 6. The molecule has 0 bridgehead atoms. The van der Waals surface area contributed by atoms with Crippen molar-refractivity contribution in [2.24, 2.45) is 0 Å². The summed E-state index contributed by atoms with van der Waals surface area (Å²) in [6, 6.07) is 16.0. The van der Waals surface area contributed by atoms with E-state index in [4.69, 9.17) is 2.50 Å². The summed E-state index contributed by atoms with van der Waals surface area (Å²) in [6.07, 6.45) is 3.60. The Morgan fingerprint density at radius 3 is 2.33 bits per heavy atom. The molecule has 0 saturated heterocycles. The van der Waals surface area contributed by atoms with Gasteiger partial charge in [-0.05, 0) is 0 Å². The summed E-state index contributed by atoms with van der Waals surface area (Å²) in [6.45, 7) is 11.4. The van der Waals surface area contributed by atoms with Crippen LogP contribution in [-0.4, -0.2) is 9.04 Å². The van der Waals surface area contributed by atoms with E-state index < -0.39 is 32.7 Å². The molecular formula is C22H28Cl2OSiZr. The van der Waals surface area contributed by atoms with Crippen molar-refractivity contribution in [2.45, 2.75) is 49.8 Å². The van der Waals surface area contributed by atoms with Gasteiger partial charge < -0.3 is 24.8 Å². The van der Waals surface area contributed by atoms with Gasteiger partial charge >= 0.3 is 167 Å². The molecule has 2 aromatic carbocycles. The van der Waals surface area contributed by atoms with Gasteiger partial charge in [-0.1, -0.05) is 0 Å². The van der Waals surface area contributed by atoms with Gasteiger partial charge in [-0.2, -0.15) is 0 Å². The van der Waals surface area contributed by atoms with Crippen LogP contribution in [0.5, 0.6) is 0 Å². The standard InChI is InChI=1S/C20H21.C2H7OSi.2ClH.Zr/c1-4-15(3)16-8-10-17(11-9-16)19-7-5-6-18-12-14(2)13-20(18)19;1-4(2)3;;;/h5-13,15H,4H2,1-3H3;4H,1-2H3;2*1H;/q;-1;;;+3/p-2. The summed E-state index contributed by atoms with van der Waals surface area (Å²) in [5.41, 5.74) is 8.57. The molecule has 0 amide bonds. The zero-order valence-electron chi connectivity index (χ0n) is 16.7. The maximum Gasteiger partial charge on any atom is -1.00 e. The minimum atomic E-state index is -0.911. The van der Waals surface area contributed by atoms with Gasteiger partial charge in [0.1, 0.15) is 0 Å². The molecule has 0 saturated carbocycles. The zero-order chi connectivity index (χ0) is 18.0. The van der Waals surface area contributed by atoms with E-state index in [0.29, 0.717) is 9.54 Å². The van der Waals surface area contributed by atoms with Crippen molar-refractivity contribution in [3.05, 3.63) is 64.7 Å². The monoisotopic (exact) mass is 496 g/mol. The van der Waals surface area contributed by atoms with Crippen LogP contribution in [0.4, 0.5) is 0 Å². The zero-order valence-corrected chi connectivity index (χ0v) is 21.8. The molecule has 1 aliphatic carbocycles. The van der Waals surface area contributed by atoms with E-state index in [9.17, 15) is 0 Å². The first-order chi connectivity index (χ1) is 12.0. The SMILES string of the molecule is CCC(C)c1ccc(-c2cccc3c2C=C(C)[CH]3[Zr+2][O][SiH](C)C)cc1.[Cl-].[Cl-]. The predicted molar refractivity (Wildman–Crippen MR) is 107 cm³/mol. The number of fused-ring (bicyclic) bond motifs is 1. The Balaban J connectivity index is 0.00000182. The molecule has 5 heteroatoms. The molecule has 1 nitrogen and oxygen atoms in total. The number of hydrogen-bond donors (Lipinski definition) is 0. The van der Waals surface area contributed by atoms with Crippen molar-refractivity contribution in [3.63, 3.8) is 0 Å². The van der Waals surface area contributed by atoms with Gasteiger partial charge in [0.05, 0.1) is 0 Å². The molecular weight excluding hydrogens is 470 g/mol. The first-order valence-electron chi connectivity index (χ1n) is 9.33. The third-order valence-electron chi connectivity index (χ3n) is 5.10. The molecule has 2 aromatic rings. The summed E-state index contributed by atoms with van der Waals surface area (Å²) in [5.74, 6) is 0.631. The van der Waals surface area contributed by atoms with Crippen molar-refractivity contribution in [3.8, 4) is 11.1 Å². The van der Waals surface area contributed by atoms with Crippen LogP contribution >= 0.6 is 0 Å². The van der Waals surface area contributed by atoms with Gasteiger partial charge in [-0.25, -0.2) is 0 Å².